The lowest BCUT2D eigenvalue weighted by Crippen LogP contribution is -2.27. The molecule has 2 rings (SSSR count). The Kier molecular flexibility index (Phi) is 4.54. The second kappa shape index (κ2) is 5.98. The molecule has 104 valence electrons. The number of nitrogens with one attached hydrogen (secondary N) is 1. The van der Waals surface area contributed by atoms with Crippen LogP contribution in [0.5, 0.6) is 0 Å². The van der Waals surface area contributed by atoms with E-state index in [1.54, 1.807) is 11.3 Å². The molecule has 1 aliphatic rings. The van der Waals surface area contributed by atoms with Crippen molar-refractivity contribution in [3.8, 4) is 11.8 Å². The Morgan fingerprint density at radius 1 is 1.26 bits per heavy atom. The van der Waals surface area contributed by atoms with Gasteiger partial charge in [0, 0.05) is 22.5 Å². The molecule has 0 radical (unpaired) electrons. The molecule has 0 unspecified atom stereocenters. The summed E-state index contributed by atoms with van der Waals surface area (Å²) >= 11 is 1.69. The maximum atomic E-state index is 9.50. The highest BCUT2D eigenvalue weighted by molar-refractivity contribution is 7.11. The molecule has 1 aromatic rings. The number of aliphatic hydroxyl groups is 1. The Balaban J connectivity index is 1.92. The summed E-state index contributed by atoms with van der Waals surface area (Å²) in [6, 6.07) is 2.63. The number of anilines is 1. The number of hydrogen-bond donors (Lipinski definition) is 2. The number of hydrogen-bond acceptors (Lipinski definition) is 3. The van der Waals surface area contributed by atoms with Gasteiger partial charge in [-0.25, -0.2) is 0 Å². The van der Waals surface area contributed by atoms with Crippen molar-refractivity contribution < 1.29 is 5.11 Å². The zero-order chi connectivity index (χ0) is 13.9. The highest BCUT2D eigenvalue weighted by atomic mass is 32.1. The van der Waals surface area contributed by atoms with Crippen LogP contribution in [0, 0.1) is 17.3 Å². The van der Waals surface area contributed by atoms with Gasteiger partial charge in [0.2, 0.25) is 0 Å². The van der Waals surface area contributed by atoms with Crippen molar-refractivity contribution in [3.63, 3.8) is 0 Å². The Morgan fingerprint density at radius 3 is 2.58 bits per heavy atom. The first-order valence-corrected chi connectivity index (χ1v) is 7.87. The molecule has 0 aliphatic heterocycles. The van der Waals surface area contributed by atoms with Gasteiger partial charge in [-0.15, -0.1) is 11.3 Å². The summed E-state index contributed by atoms with van der Waals surface area (Å²) in [5.41, 5.74) is 1.22. The van der Waals surface area contributed by atoms with E-state index >= 15 is 0 Å². The molecule has 0 saturated heterocycles. The van der Waals surface area contributed by atoms with Gasteiger partial charge >= 0.3 is 0 Å². The molecular weight excluding hydrogens is 254 g/mol. The zero-order valence-corrected chi connectivity index (χ0v) is 12.8. The van der Waals surface area contributed by atoms with E-state index in [-0.39, 0.29) is 11.5 Å². The van der Waals surface area contributed by atoms with Crippen molar-refractivity contribution >= 4 is 17.0 Å². The van der Waals surface area contributed by atoms with Crippen LogP contribution in [-0.4, -0.2) is 17.3 Å². The number of thiophene rings is 1. The molecule has 0 spiro atoms. The fraction of sp³-hybridized carbons (Fsp3) is 0.625. The second-order valence-corrected chi connectivity index (χ2v) is 7.26. The highest BCUT2D eigenvalue weighted by Crippen LogP contribution is 2.25. The van der Waals surface area contributed by atoms with Gasteiger partial charge in [-0.1, -0.05) is 11.8 Å². The fourth-order valence-electron chi connectivity index (χ4n) is 2.18. The van der Waals surface area contributed by atoms with E-state index in [9.17, 15) is 5.11 Å². The third-order valence-corrected chi connectivity index (χ3v) is 4.07. The van der Waals surface area contributed by atoms with E-state index in [0.717, 1.165) is 30.6 Å². The minimum atomic E-state index is -0.0891. The minimum Gasteiger partial charge on any atom is -0.393 e. The summed E-state index contributed by atoms with van der Waals surface area (Å²) in [5.74, 6) is 6.50. The van der Waals surface area contributed by atoms with Gasteiger partial charge in [0.25, 0.3) is 0 Å². The number of aliphatic hydroxyl groups excluding tert-OH is 1. The van der Waals surface area contributed by atoms with Crippen LogP contribution < -0.4 is 5.32 Å². The zero-order valence-electron chi connectivity index (χ0n) is 12.0. The Labute approximate surface area is 120 Å². The maximum absolute atomic E-state index is 9.50. The topological polar surface area (TPSA) is 32.3 Å². The van der Waals surface area contributed by atoms with Crippen molar-refractivity contribution in [2.24, 2.45) is 5.41 Å². The Bertz CT molecular complexity index is 467. The summed E-state index contributed by atoms with van der Waals surface area (Å²) in [7, 11) is 0. The molecule has 19 heavy (non-hydrogen) atoms. The first-order valence-electron chi connectivity index (χ1n) is 6.99. The fourth-order valence-corrected chi connectivity index (χ4v) is 2.88. The van der Waals surface area contributed by atoms with Gasteiger partial charge in [0.1, 0.15) is 0 Å². The predicted octanol–water partition coefficient (Wildman–Crippen LogP) is 3.86. The summed E-state index contributed by atoms with van der Waals surface area (Å²) in [6.45, 7) is 6.38. The molecule has 0 atom stereocenters. The predicted molar refractivity (Wildman–Crippen MR) is 82.5 cm³/mol. The minimum absolute atomic E-state index is 0.0527. The highest BCUT2D eigenvalue weighted by Gasteiger charge is 2.19. The van der Waals surface area contributed by atoms with Crippen molar-refractivity contribution in [2.75, 3.05) is 5.32 Å². The van der Waals surface area contributed by atoms with Crippen LogP contribution >= 0.6 is 11.3 Å². The quantitative estimate of drug-likeness (QED) is 0.805. The van der Waals surface area contributed by atoms with Crippen LogP contribution in [0.1, 0.15) is 51.3 Å². The lowest BCUT2D eigenvalue weighted by molar-refractivity contribution is 0.126. The van der Waals surface area contributed by atoms with Crippen LogP contribution in [0.15, 0.2) is 11.4 Å². The van der Waals surface area contributed by atoms with Crippen molar-refractivity contribution in [1.29, 1.82) is 0 Å². The molecule has 1 fully saturated rings. The number of rotatable bonds is 2. The van der Waals surface area contributed by atoms with Crippen LogP contribution in [-0.2, 0) is 0 Å². The first kappa shape index (κ1) is 14.4. The maximum Gasteiger partial charge on any atom is 0.0789 e. The van der Waals surface area contributed by atoms with Gasteiger partial charge in [-0.2, -0.15) is 0 Å². The average Bonchev–Trinajstić information content (AvgIpc) is 2.77. The summed E-state index contributed by atoms with van der Waals surface area (Å²) in [4.78, 5) is 1.12. The van der Waals surface area contributed by atoms with E-state index in [1.165, 1.54) is 5.69 Å². The molecule has 1 saturated carbocycles. The first-order chi connectivity index (χ1) is 8.92. The summed E-state index contributed by atoms with van der Waals surface area (Å²) in [5, 5.41) is 15.2. The molecule has 0 bridgehead atoms. The normalized spacial score (nSPS) is 23.6. The van der Waals surface area contributed by atoms with E-state index in [2.05, 4.69) is 49.4 Å². The summed E-state index contributed by atoms with van der Waals surface area (Å²) in [6.07, 6.45) is 3.85. The van der Waals surface area contributed by atoms with Gasteiger partial charge < -0.3 is 10.4 Å². The average molecular weight is 277 g/mol. The third kappa shape index (κ3) is 4.89. The third-order valence-electron chi connectivity index (χ3n) is 3.23. The van der Waals surface area contributed by atoms with Crippen LogP contribution in [0.3, 0.4) is 0 Å². The SMILES string of the molecule is CC(C)(C)C#Cc1cc(NC2CCC(O)CC2)cs1. The van der Waals surface area contributed by atoms with Crippen molar-refractivity contribution in [3.05, 3.63) is 16.3 Å². The molecule has 3 heteroatoms. The van der Waals surface area contributed by atoms with Gasteiger partial charge in [0.15, 0.2) is 0 Å². The largest absolute Gasteiger partial charge is 0.393 e. The van der Waals surface area contributed by atoms with Crippen LogP contribution in [0.2, 0.25) is 0 Å². The molecule has 2 nitrogen and oxygen atoms in total. The Morgan fingerprint density at radius 2 is 1.95 bits per heavy atom. The smallest absolute Gasteiger partial charge is 0.0789 e. The van der Waals surface area contributed by atoms with Crippen molar-refractivity contribution in [2.45, 2.75) is 58.6 Å². The lowest BCUT2D eigenvalue weighted by Gasteiger charge is -2.26. The molecular formula is C16H23NOS. The molecule has 1 aromatic heterocycles. The second-order valence-electron chi connectivity index (χ2n) is 6.35. The lowest BCUT2D eigenvalue weighted by atomic mass is 9.93. The molecule has 1 aliphatic carbocycles. The molecule has 0 amide bonds. The standard InChI is InChI=1S/C16H23NOS/c1-16(2,3)9-8-15-10-13(11-19-15)17-12-4-6-14(18)7-5-12/h10-12,14,17-18H,4-7H2,1-3H3. The van der Waals surface area contributed by atoms with E-state index in [4.69, 9.17) is 0 Å². The van der Waals surface area contributed by atoms with E-state index in [1.807, 2.05) is 0 Å². The summed E-state index contributed by atoms with van der Waals surface area (Å²) < 4.78 is 0. The van der Waals surface area contributed by atoms with Crippen LogP contribution in [0.25, 0.3) is 0 Å². The Hall–Kier alpha value is -0.980. The van der Waals surface area contributed by atoms with Gasteiger partial charge in [-0.3, -0.25) is 0 Å². The molecule has 0 aromatic carbocycles. The van der Waals surface area contributed by atoms with E-state index < -0.39 is 0 Å². The van der Waals surface area contributed by atoms with E-state index in [0.29, 0.717) is 6.04 Å². The monoisotopic (exact) mass is 277 g/mol. The van der Waals surface area contributed by atoms with Gasteiger partial charge in [-0.05, 0) is 52.5 Å². The molecule has 2 N–H and O–H groups in total. The van der Waals surface area contributed by atoms with Gasteiger partial charge in [0.05, 0.1) is 11.0 Å². The molecule has 1 heterocycles. The van der Waals surface area contributed by atoms with Crippen LogP contribution in [0.4, 0.5) is 5.69 Å². The van der Waals surface area contributed by atoms with Crippen molar-refractivity contribution in [1.82, 2.24) is 0 Å².